The van der Waals surface area contributed by atoms with E-state index < -0.39 is 0 Å². The Bertz CT molecular complexity index is 693. The zero-order valence-corrected chi connectivity index (χ0v) is 14.7. The maximum atomic E-state index is 12.3. The summed E-state index contributed by atoms with van der Waals surface area (Å²) in [6.45, 7) is 1.84. The summed E-state index contributed by atoms with van der Waals surface area (Å²) in [5, 5.41) is 3.06. The summed E-state index contributed by atoms with van der Waals surface area (Å²) >= 11 is 7.49. The first-order valence-electron chi connectivity index (χ1n) is 6.99. The first-order valence-corrected chi connectivity index (χ1v) is 8.25. The van der Waals surface area contributed by atoms with E-state index in [9.17, 15) is 4.79 Å². The van der Waals surface area contributed by atoms with Gasteiger partial charge in [0.05, 0.1) is 30.2 Å². The smallest absolute Gasteiger partial charge is 0.237 e. The molecule has 0 heterocycles. The van der Waals surface area contributed by atoms with Crippen molar-refractivity contribution in [2.75, 3.05) is 19.5 Å². The van der Waals surface area contributed by atoms with Gasteiger partial charge in [0.15, 0.2) is 11.5 Å². The molecule has 0 saturated heterocycles. The number of hydrogen-bond donors (Lipinski definition) is 1. The van der Waals surface area contributed by atoms with Crippen LogP contribution in [0.15, 0.2) is 47.4 Å². The number of nitrogens with one attached hydrogen (secondary N) is 1. The van der Waals surface area contributed by atoms with E-state index >= 15 is 0 Å². The Morgan fingerprint density at radius 3 is 2.48 bits per heavy atom. The number of methoxy groups -OCH3 is 2. The normalized spacial score (nSPS) is 11.7. The minimum absolute atomic E-state index is 0.113. The van der Waals surface area contributed by atoms with Gasteiger partial charge in [-0.15, -0.1) is 11.8 Å². The lowest BCUT2D eigenvalue weighted by molar-refractivity contribution is -0.115. The third-order valence-corrected chi connectivity index (χ3v) is 4.59. The summed E-state index contributed by atoms with van der Waals surface area (Å²) in [4.78, 5) is 13.2. The maximum Gasteiger partial charge on any atom is 0.237 e. The third-order valence-electron chi connectivity index (χ3n) is 3.17. The van der Waals surface area contributed by atoms with Crippen LogP contribution < -0.4 is 14.8 Å². The minimum atomic E-state index is -0.288. The molecule has 0 aliphatic rings. The van der Waals surface area contributed by atoms with E-state index in [-0.39, 0.29) is 11.2 Å². The Balaban J connectivity index is 2.05. The summed E-state index contributed by atoms with van der Waals surface area (Å²) < 4.78 is 10.5. The number of halogens is 1. The van der Waals surface area contributed by atoms with Crippen LogP contribution in [0, 0.1) is 0 Å². The molecule has 2 aromatic rings. The predicted octanol–water partition coefficient (Wildman–Crippen LogP) is 4.48. The number of anilines is 1. The van der Waals surface area contributed by atoms with Crippen LogP contribution in [-0.4, -0.2) is 25.4 Å². The van der Waals surface area contributed by atoms with Crippen molar-refractivity contribution in [2.24, 2.45) is 0 Å². The number of ether oxygens (including phenoxy) is 2. The minimum Gasteiger partial charge on any atom is -0.493 e. The zero-order valence-electron chi connectivity index (χ0n) is 13.1. The molecule has 2 rings (SSSR count). The molecule has 0 radical (unpaired) electrons. The lowest BCUT2D eigenvalue weighted by Crippen LogP contribution is -2.22. The SMILES string of the molecule is COc1ccc(S[C@H](C)C(=O)Nc2ccccc2Cl)cc1OC. The third kappa shape index (κ3) is 4.56. The lowest BCUT2D eigenvalue weighted by Gasteiger charge is -2.14. The second kappa shape index (κ2) is 8.13. The van der Waals surface area contributed by atoms with Gasteiger partial charge in [0.2, 0.25) is 5.91 Å². The maximum absolute atomic E-state index is 12.3. The molecule has 4 nitrogen and oxygen atoms in total. The van der Waals surface area contributed by atoms with E-state index in [4.69, 9.17) is 21.1 Å². The van der Waals surface area contributed by atoms with Crippen LogP contribution in [0.1, 0.15) is 6.92 Å². The van der Waals surface area contributed by atoms with Crippen molar-refractivity contribution >= 4 is 35.0 Å². The molecule has 0 bridgehead atoms. The Morgan fingerprint density at radius 2 is 1.83 bits per heavy atom. The molecule has 2 aromatic carbocycles. The van der Waals surface area contributed by atoms with E-state index in [2.05, 4.69) is 5.32 Å². The molecule has 6 heteroatoms. The molecule has 0 spiro atoms. The highest BCUT2D eigenvalue weighted by Crippen LogP contribution is 2.34. The zero-order chi connectivity index (χ0) is 16.8. The van der Waals surface area contributed by atoms with Gasteiger partial charge in [-0.25, -0.2) is 0 Å². The van der Waals surface area contributed by atoms with Crippen LogP contribution >= 0.6 is 23.4 Å². The second-order valence-corrected chi connectivity index (χ2v) is 6.57. The number of hydrogen-bond acceptors (Lipinski definition) is 4. The van der Waals surface area contributed by atoms with Gasteiger partial charge in [-0.05, 0) is 37.3 Å². The summed E-state index contributed by atoms with van der Waals surface area (Å²) in [5.74, 6) is 1.18. The van der Waals surface area contributed by atoms with Crippen LogP contribution in [0.3, 0.4) is 0 Å². The van der Waals surface area contributed by atoms with Crippen LogP contribution in [0.4, 0.5) is 5.69 Å². The number of benzene rings is 2. The van der Waals surface area contributed by atoms with Crippen molar-refractivity contribution < 1.29 is 14.3 Å². The van der Waals surface area contributed by atoms with E-state index in [1.165, 1.54) is 11.8 Å². The largest absolute Gasteiger partial charge is 0.493 e. The molecule has 1 atom stereocenters. The molecular formula is C17H18ClNO3S. The number of amides is 1. The van der Waals surface area contributed by atoms with Gasteiger partial charge < -0.3 is 14.8 Å². The Kier molecular flexibility index (Phi) is 6.19. The van der Waals surface area contributed by atoms with Crippen LogP contribution in [0.25, 0.3) is 0 Å². The van der Waals surface area contributed by atoms with Crippen molar-refractivity contribution in [3.63, 3.8) is 0 Å². The fraction of sp³-hybridized carbons (Fsp3) is 0.235. The van der Waals surface area contributed by atoms with Crippen molar-refractivity contribution in [2.45, 2.75) is 17.1 Å². The molecule has 1 amide bonds. The van der Waals surface area contributed by atoms with E-state index in [1.807, 2.05) is 37.3 Å². The first-order chi connectivity index (χ1) is 11.0. The monoisotopic (exact) mass is 351 g/mol. The Hall–Kier alpha value is -1.85. The lowest BCUT2D eigenvalue weighted by atomic mass is 10.3. The van der Waals surface area contributed by atoms with Gasteiger partial charge in [-0.1, -0.05) is 23.7 Å². The van der Waals surface area contributed by atoms with E-state index in [0.29, 0.717) is 22.2 Å². The molecule has 23 heavy (non-hydrogen) atoms. The van der Waals surface area contributed by atoms with Crippen molar-refractivity contribution in [1.82, 2.24) is 0 Å². The van der Waals surface area contributed by atoms with Crippen molar-refractivity contribution in [3.05, 3.63) is 47.5 Å². The van der Waals surface area contributed by atoms with Gasteiger partial charge >= 0.3 is 0 Å². The molecule has 0 unspecified atom stereocenters. The molecule has 122 valence electrons. The number of carbonyl (C=O) groups excluding carboxylic acids is 1. The average molecular weight is 352 g/mol. The van der Waals surface area contributed by atoms with Gasteiger partial charge in [0.1, 0.15) is 0 Å². The molecule has 0 aromatic heterocycles. The summed E-state index contributed by atoms with van der Waals surface area (Å²) in [6, 6.07) is 12.7. The van der Waals surface area contributed by atoms with Crippen molar-refractivity contribution in [3.8, 4) is 11.5 Å². The van der Waals surface area contributed by atoms with Gasteiger partial charge in [-0.2, -0.15) is 0 Å². The highest BCUT2D eigenvalue weighted by Gasteiger charge is 2.16. The number of thioether (sulfide) groups is 1. The number of carbonyl (C=O) groups is 1. The molecule has 0 aliphatic carbocycles. The molecule has 0 fully saturated rings. The molecule has 0 aliphatic heterocycles. The fourth-order valence-corrected chi connectivity index (χ4v) is 3.02. The Labute approximate surface area is 145 Å². The number of rotatable bonds is 6. The quantitative estimate of drug-likeness (QED) is 0.780. The van der Waals surface area contributed by atoms with Crippen LogP contribution in [0.2, 0.25) is 5.02 Å². The van der Waals surface area contributed by atoms with Crippen LogP contribution in [0.5, 0.6) is 11.5 Å². The predicted molar refractivity (Wildman–Crippen MR) is 94.9 cm³/mol. The Morgan fingerprint density at radius 1 is 1.13 bits per heavy atom. The standard InChI is InChI=1S/C17H18ClNO3S/c1-11(17(20)19-14-7-5-4-6-13(14)18)23-12-8-9-15(21-2)16(10-12)22-3/h4-11H,1-3H3,(H,19,20)/t11-/m1/s1. The van der Waals surface area contributed by atoms with Gasteiger partial charge in [-0.3, -0.25) is 4.79 Å². The highest BCUT2D eigenvalue weighted by atomic mass is 35.5. The fourth-order valence-electron chi connectivity index (χ4n) is 1.94. The summed E-state index contributed by atoms with van der Waals surface area (Å²) in [5.41, 5.74) is 0.610. The molecule has 0 saturated carbocycles. The summed E-state index contributed by atoms with van der Waals surface area (Å²) in [6.07, 6.45) is 0. The first kappa shape index (κ1) is 17.5. The molecular weight excluding hydrogens is 334 g/mol. The second-order valence-electron chi connectivity index (χ2n) is 4.75. The van der Waals surface area contributed by atoms with E-state index in [1.54, 1.807) is 26.4 Å². The van der Waals surface area contributed by atoms with Gasteiger partial charge in [0, 0.05) is 4.90 Å². The van der Waals surface area contributed by atoms with E-state index in [0.717, 1.165) is 4.90 Å². The van der Waals surface area contributed by atoms with Gasteiger partial charge in [0.25, 0.3) is 0 Å². The molecule has 1 N–H and O–H groups in total. The van der Waals surface area contributed by atoms with Crippen molar-refractivity contribution in [1.29, 1.82) is 0 Å². The number of para-hydroxylation sites is 1. The average Bonchev–Trinajstić information content (AvgIpc) is 2.56. The highest BCUT2D eigenvalue weighted by molar-refractivity contribution is 8.00. The topological polar surface area (TPSA) is 47.6 Å². The summed E-state index contributed by atoms with van der Waals surface area (Å²) in [7, 11) is 3.17. The van der Waals surface area contributed by atoms with Crippen LogP contribution in [-0.2, 0) is 4.79 Å².